The van der Waals surface area contributed by atoms with Crippen molar-refractivity contribution in [2.45, 2.75) is 63.5 Å². The van der Waals surface area contributed by atoms with Crippen molar-refractivity contribution in [3.05, 3.63) is 53.6 Å². The molecule has 0 saturated heterocycles. The molecule has 2 aromatic rings. The van der Waals surface area contributed by atoms with E-state index in [9.17, 15) is 4.79 Å². The van der Waals surface area contributed by atoms with Crippen molar-refractivity contribution in [3.8, 4) is 11.1 Å². The predicted octanol–water partition coefficient (Wildman–Crippen LogP) is 4.57. The molecule has 5 nitrogen and oxygen atoms in total. The number of rotatable bonds is 4. The number of fused-ring (bicyclic) bond motifs is 1. The molecule has 0 amide bonds. The Morgan fingerprint density at radius 1 is 1.10 bits per heavy atom. The minimum Gasteiger partial charge on any atom is -0.399 e. The Kier molecular flexibility index (Phi) is 5.21. The van der Waals surface area contributed by atoms with Gasteiger partial charge in [0.25, 0.3) is 0 Å². The van der Waals surface area contributed by atoms with Gasteiger partial charge in [-0.25, -0.2) is 0 Å². The summed E-state index contributed by atoms with van der Waals surface area (Å²) >= 11 is 0. The largest absolute Gasteiger partial charge is 0.399 e. The Bertz CT molecular complexity index is 1030. The molecule has 1 atom stereocenters. The number of aldehydes is 1. The van der Waals surface area contributed by atoms with Crippen LogP contribution in [0.25, 0.3) is 11.1 Å². The number of aliphatic imine (C=N–C) groups is 1. The van der Waals surface area contributed by atoms with Gasteiger partial charge in [0.05, 0.1) is 11.9 Å². The zero-order valence-electron chi connectivity index (χ0n) is 18.9. The van der Waals surface area contributed by atoms with E-state index < -0.39 is 5.54 Å². The Morgan fingerprint density at radius 3 is 2.35 bits per heavy atom. The van der Waals surface area contributed by atoms with Gasteiger partial charge in [0.15, 0.2) is 6.29 Å². The van der Waals surface area contributed by atoms with Gasteiger partial charge in [-0.2, -0.15) is 0 Å². The molecule has 0 radical (unpaired) electrons. The third-order valence-electron chi connectivity index (χ3n) is 7.89. The second kappa shape index (κ2) is 7.49. The van der Waals surface area contributed by atoms with Crippen molar-refractivity contribution >= 4 is 17.8 Å². The van der Waals surface area contributed by atoms with Gasteiger partial charge in [0.2, 0.25) is 0 Å². The summed E-state index contributed by atoms with van der Waals surface area (Å²) in [6, 6.07) is 14.3. The van der Waals surface area contributed by atoms with Gasteiger partial charge in [-0.15, -0.1) is 0 Å². The minimum atomic E-state index is -1.01. The number of carbonyl (C=O) groups excluding carboxylic acids is 1. The molecule has 4 N–H and O–H groups in total. The van der Waals surface area contributed by atoms with Crippen LogP contribution >= 0.6 is 0 Å². The van der Waals surface area contributed by atoms with Crippen LogP contribution in [0.2, 0.25) is 0 Å². The lowest BCUT2D eigenvalue weighted by atomic mass is 9.53. The lowest BCUT2D eigenvalue weighted by Crippen LogP contribution is -2.53. The highest BCUT2D eigenvalue weighted by Crippen LogP contribution is 2.67. The predicted molar refractivity (Wildman–Crippen MR) is 126 cm³/mol. The molecule has 164 valence electrons. The summed E-state index contributed by atoms with van der Waals surface area (Å²) in [6.45, 7) is 6.28. The number of hydrogen-bond donors (Lipinski definition) is 2. The minimum absolute atomic E-state index is 0.222. The quantitative estimate of drug-likeness (QED) is 0.329. The maximum absolute atomic E-state index is 13.0. The van der Waals surface area contributed by atoms with Crippen molar-refractivity contribution in [2.75, 3.05) is 12.8 Å². The van der Waals surface area contributed by atoms with E-state index in [1.54, 1.807) is 14.0 Å². The summed E-state index contributed by atoms with van der Waals surface area (Å²) in [5.74, 6) is 0.429. The molecule has 2 aromatic carbocycles. The van der Waals surface area contributed by atoms with E-state index in [1.807, 2.05) is 24.3 Å². The Morgan fingerprint density at radius 2 is 1.77 bits per heavy atom. The average Bonchev–Trinajstić information content (AvgIpc) is 2.90. The first kappa shape index (κ1) is 21.6. The fraction of sp³-hybridized carbons (Fsp3) is 0.462. The van der Waals surface area contributed by atoms with E-state index in [-0.39, 0.29) is 16.9 Å². The highest BCUT2D eigenvalue weighted by Gasteiger charge is 2.67. The molecule has 0 aliphatic heterocycles. The Balaban J connectivity index is 1.96. The lowest BCUT2D eigenvalue weighted by molar-refractivity contribution is -0.122. The van der Waals surface area contributed by atoms with Gasteiger partial charge < -0.3 is 21.0 Å². The number of nitrogen functional groups attached to an aromatic ring is 1. The number of hydrogen-bond acceptors (Lipinski definition) is 4. The first-order chi connectivity index (χ1) is 14.7. The highest BCUT2D eigenvalue weighted by atomic mass is 16.5. The third kappa shape index (κ3) is 3.01. The maximum atomic E-state index is 13.0. The zero-order valence-corrected chi connectivity index (χ0v) is 18.9. The molecule has 1 spiro atoms. The van der Waals surface area contributed by atoms with E-state index in [0.29, 0.717) is 11.5 Å². The molecule has 4 rings (SSSR count). The first-order valence-electron chi connectivity index (χ1n) is 11.0. The number of amidine groups is 1. The number of benzene rings is 2. The lowest BCUT2D eigenvalue weighted by Gasteiger charge is -2.52. The van der Waals surface area contributed by atoms with E-state index in [4.69, 9.17) is 21.2 Å². The number of ether oxygens (including phenoxy) is 1. The van der Waals surface area contributed by atoms with Gasteiger partial charge in [0, 0.05) is 18.2 Å². The van der Waals surface area contributed by atoms with Crippen LogP contribution < -0.4 is 11.5 Å². The van der Waals surface area contributed by atoms with Crippen molar-refractivity contribution < 1.29 is 9.53 Å². The first-order valence-corrected chi connectivity index (χ1v) is 11.0. The summed E-state index contributed by atoms with van der Waals surface area (Å²) in [4.78, 5) is 17.9. The van der Waals surface area contributed by atoms with Gasteiger partial charge in [-0.1, -0.05) is 38.1 Å². The van der Waals surface area contributed by atoms with Crippen LogP contribution in [0.1, 0.15) is 57.6 Å². The summed E-state index contributed by atoms with van der Waals surface area (Å²) in [5.41, 5.74) is 15.5. The fourth-order valence-electron chi connectivity index (χ4n) is 6.27. The van der Waals surface area contributed by atoms with E-state index in [1.165, 1.54) is 5.56 Å². The molecule has 0 bridgehead atoms. The molecule has 0 aromatic heterocycles. The van der Waals surface area contributed by atoms with E-state index >= 15 is 0 Å². The summed E-state index contributed by atoms with van der Waals surface area (Å²) < 4.78 is 5.65. The van der Waals surface area contributed by atoms with Crippen LogP contribution in [-0.2, 0) is 20.5 Å². The topological polar surface area (TPSA) is 90.7 Å². The van der Waals surface area contributed by atoms with Crippen LogP contribution in [0.5, 0.6) is 0 Å². The number of methoxy groups -OCH3 is 1. The molecule has 2 aliphatic carbocycles. The molecule has 1 saturated carbocycles. The number of nitrogens with two attached hydrogens (primary N) is 2. The highest BCUT2D eigenvalue weighted by molar-refractivity contribution is 5.85. The molecular weight excluding hydrogens is 386 g/mol. The van der Waals surface area contributed by atoms with Crippen molar-refractivity contribution in [2.24, 2.45) is 16.1 Å². The van der Waals surface area contributed by atoms with Crippen LogP contribution in [0.4, 0.5) is 5.69 Å². The molecule has 1 unspecified atom stereocenters. The third-order valence-corrected chi connectivity index (χ3v) is 7.89. The Labute approximate surface area is 184 Å². The summed E-state index contributed by atoms with van der Waals surface area (Å²) in [7, 11) is 1.77. The van der Waals surface area contributed by atoms with Crippen molar-refractivity contribution in [1.82, 2.24) is 0 Å². The van der Waals surface area contributed by atoms with Gasteiger partial charge in [-0.3, -0.25) is 4.99 Å². The normalized spacial score (nSPS) is 29.7. The summed E-state index contributed by atoms with van der Waals surface area (Å²) in [5, 5.41) is 0. The number of nitrogens with zero attached hydrogens (tertiary/aromatic N) is 1. The smallest absolute Gasteiger partial charge is 0.152 e. The second-order valence-corrected chi connectivity index (χ2v) is 9.67. The molecule has 31 heavy (non-hydrogen) atoms. The second-order valence-electron chi connectivity index (χ2n) is 9.67. The van der Waals surface area contributed by atoms with E-state index in [0.717, 1.165) is 48.7 Å². The standard InChI is InChI=1S/C26H33N3O2/c1-17(27)29-26(16-30)23-15-19(18-6-5-7-20(28)14-18)8-9-22(23)24(2,3)25(26)12-10-21(31-4)11-13-25/h5-9,14-16,21H,10-13,28H2,1-4H3,(H2,27,29). The van der Waals surface area contributed by atoms with E-state index in [2.05, 4.69) is 32.0 Å². The molecular formula is C26H33N3O2. The van der Waals surface area contributed by atoms with Gasteiger partial charge >= 0.3 is 0 Å². The average molecular weight is 420 g/mol. The molecule has 2 aliphatic rings. The SMILES string of the molecule is COC1CCC2(CC1)C(C)(C)c1ccc(-c3cccc(N)c3)cc1C2(C=O)N=C(C)N. The summed E-state index contributed by atoms with van der Waals surface area (Å²) in [6.07, 6.45) is 4.80. The maximum Gasteiger partial charge on any atom is 0.152 e. The van der Waals surface area contributed by atoms with Crippen LogP contribution in [-0.4, -0.2) is 25.3 Å². The van der Waals surface area contributed by atoms with Crippen LogP contribution in [0.3, 0.4) is 0 Å². The monoisotopic (exact) mass is 419 g/mol. The van der Waals surface area contributed by atoms with Gasteiger partial charge in [-0.05, 0) is 78.5 Å². The molecule has 1 fully saturated rings. The molecule has 5 heteroatoms. The van der Waals surface area contributed by atoms with Crippen LogP contribution in [0.15, 0.2) is 47.5 Å². The number of anilines is 1. The fourth-order valence-corrected chi connectivity index (χ4v) is 6.27. The van der Waals surface area contributed by atoms with Crippen molar-refractivity contribution in [1.29, 1.82) is 0 Å². The Hall–Kier alpha value is -2.66. The van der Waals surface area contributed by atoms with Crippen molar-refractivity contribution in [3.63, 3.8) is 0 Å². The van der Waals surface area contributed by atoms with Crippen LogP contribution in [0, 0.1) is 5.41 Å². The number of carbonyl (C=O) groups is 1. The van der Waals surface area contributed by atoms with Gasteiger partial charge in [0.1, 0.15) is 5.54 Å². The molecule has 0 heterocycles. The zero-order chi connectivity index (χ0) is 22.4.